The first-order valence-electron chi connectivity index (χ1n) is 7.07. The van der Waals surface area contributed by atoms with Gasteiger partial charge in [0.05, 0.1) is 0 Å². The maximum atomic E-state index is 11.8. The number of hydrogen-bond acceptors (Lipinski definition) is 3. The van der Waals surface area contributed by atoms with Gasteiger partial charge in [-0.2, -0.15) is 0 Å². The third kappa shape index (κ3) is 5.78. The van der Waals surface area contributed by atoms with Gasteiger partial charge in [0.15, 0.2) is 6.10 Å². The highest BCUT2D eigenvalue weighted by Crippen LogP contribution is 2.25. The molecule has 0 aliphatic rings. The van der Waals surface area contributed by atoms with E-state index in [1.807, 2.05) is 13.0 Å². The van der Waals surface area contributed by atoms with Crippen LogP contribution in [0, 0.1) is 0 Å². The van der Waals surface area contributed by atoms with E-state index in [9.17, 15) is 4.79 Å². The summed E-state index contributed by atoms with van der Waals surface area (Å²) in [4.78, 5) is 11.8. The molecule has 0 aliphatic carbocycles. The van der Waals surface area contributed by atoms with Crippen LogP contribution >= 0.6 is 11.6 Å². The van der Waals surface area contributed by atoms with Gasteiger partial charge in [-0.15, -0.1) is 6.58 Å². The van der Waals surface area contributed by atoms with Crippen molar-refractivity contribution in [2.24, 2.45) is 5.73 Å². The number of amides is 1. The second-order valence-electron chi connectivity index (χ2n) is 4.92. The molecule has 2 atom stereocenters. The van der Waals surface area contributed by atoms with Gasteiger partial charge in [-0.1, -0.05) is 24.6 Å². The molecule has 0 saturated carbocycles. The largest absolute Gasteiger partial charge is 0.481 e. The highest BCUT2D eigenvalue weighted by atomic mass is 35.5. The number of hydrogen-bond donors (Lipinski definition) is 2. The molecule has 3 N–H and O–H groups in total. The first-order chi connectivity index (χ1) is 9.97. The summed E-state index contributed by atoms with van der Waals surface area (Å²) in [6, 6.07) is 5.39. The molecule has 21 heavy (non-hydrogen) atoms. The maximum Gasteiger partial charge on any atom is 0.261 e. The van der Waals surface area contributed by atoms with Crippen LogP contribution in [0.3, 0.4) is 0 Å². The molecule has 116 valence electrons. The number of nitrogens with two attached hydrogens (primary N) is 1. The van der Waals surface area contributed by atoms with Gasteiger partial charge >= 0.3 is 0 Å². The zero-order valence-corrected chi connectivity index (χ0v) is 13.3. The molecule has 0 saturated heterocycles. The van der Waals surface area contributed by atoms with Crippen molar-refractivity contribution in [1.82, 2.24) is 5.32 Å². The zero-order valence-electron chi connectivity index (χ0n) is 12.6. The molecule has 0 spiro atoms. The molecular formula is C16H23ClN2O2. The van der Waals surface area contributed by atoms with Crippen LogP contribution < -0.4 is 15.8 Å². The van der Waals surface area contributed by atoms with E-state index in [2.05, 4.69) is 11.9 Å². The molecule has 0 bridgehead atoms. The number of carbonyl (C=O) groups excluding carboxylic acids is 1. The van der Waals surface area contributed by atoms with Crippen molar-refractivity contribution in [2.45, 2.75) is 38.8 Å². The minimum atomic E-state index is -0.595. The van der Waals surface area contributed by atoms with Crippen LogP contribution in [0.25, 0.3) is 0 Å². The Balaban J connectivity index is 2.81. The van der Waals surface area contributed by atoms with Crippen molar-refractivity contribution in [2.75, 3.05) is 6.54 Å². The van der Waals surface area contributed by atoms with Gasteiger partial charge in [0.1, 0.15) is 5.75 Å². The highest BCUT2D eigenvalue weighted by molar-refractivity contribution is 6.30. The monoisotopic (exact) mass is 310 g/mol. The molecule has 0 aliphatic heterocycles. The van der Waals surface area contributed by atoms with Crippen LogP contribution in [-0.4, -0.2) is 24.6 Å². The number of nitrogens with one attached hydrogen (secondary N) is 1. The van der Waals surface area contributed by atoms with Gasteiger partial charge in [0.25, 0.3) is 5.91 Å². The first-order valence-corrected chi connectivity index (χ1v) is 7.45. The average Bonchev–Trinajstić information content (AvgIpc) is 2.47. The summed E-state index contributed by atoms with van der Waals surface area (Å²) in [6.45, 7) is 7.71. The fourth-order valence-corrected chi connectivity index (χ4v) is 2.00. The lowest BCUT2D eigenvalue weighted by atomic mass is 10.0. The minimum Gasteiger partial charge on any atom is -0.481 e. The summed E-state index contributed by atoms with van der Waals surface area (Å²) in [6.07, 6.45) is 2.55. The number of halogens is 1. The van der Waals surface area contributed by atoms with Crippen molar-refractivity contribution < 1.29 is 9.53 Å². The van der Waals surface area contributed by atoms with E-state index in [-0.39, 0.29) is 11.9 Å². The molecule has 2 unspecified atom stereocenters. The smallest absolute Gasteiger partial charge is 0.261 e. The predicted octanol–water partition coefficient (Wildman–Crippen LogP) is 2.69. The van der Waals surface area contributed by atoms with Crippen molar-refractivity contribution in [1.29, 1.82) is 0 Å². The first kappa shape index (κ1) is 17.5. The van der Waals surface area contributed by atoms with E-state index < -0.39 is 6.10 Å². The molecule has 5 heteroatoms. The van der Waals surface area contributed by atoms with Gasteiger partial charge in [0.2, 0.25) is 0 Å². The van der Waals surface area contributed by atoms with Gasteiger partial charge in [-0.05, 0) is 43.5 Å². The normalized spacial score (nSPS) is 13.3. The Morgan fingerprint density at radius 1 is 1.57 bits per heavy atom. The third-order valence-corrected chi connectivity index (χ3v) is 3.36. The molecule has 0 radical (unpaired) electrons. The van der Waals surface area contributed by atoms with E-state index in [4.69, 9.17) is 22.1 Å². The highest BCUT2D eigenvalue weighted by Gasteiger charge is 2.16. The summed E-state index contributed by atoms with van der Waals surface area (Å²) < 4.78 is 5.74. The van der Waals surface area contributed by atoms with Crippen molar-refractivity contribution in [3.8, 4) is 5.75 Å². The van der Waals surface area contributed by atoms with Crippen molar-refractivity contribution >= 4 is 17.5 Å². The summed E-state index contributed by atoms with van der Waals surface area (Å²) in [5.41, 5.74) is 6.91. The second kappa shape index (κ2) is 8.70. The van der Waals surface area contributed by atoms with Crippen molar-refractivity contribution in [3.05, 3.63) is 41.4 Å². The number of rotatable bonds is 8. The number of benzene rings is 1. The van der Waals surface area contributed by atoms with E-state index in [0.29, 0.717) is 23.7 Å². The Hall–Kier alpha value is -1.52. The SMILES string of the molecule is C=CCNC(=O)C(C)Oc1ccc(Cl)cc1CC(N)CC. The molecular weight excluding hydrogens is 288 g/mol. The van der Waals surface area contributed by atoms with Gasteiger partial charge in [-0.25, -0.2) is 0 Å². The third-order valence-electron chi connectivity index (χ3n) is 3.12. The van der Waals surface area contributed by atoms with E-state index in [1.54, 1.807) is 25.1 Å². The van der Waals surface area contributed by atoms with Crippen LogP contribution in [0.5, 0.6) is 5.75 Å². The average molecular weight is 311 g/mol. The molecule has 1 amide bonds. The molecule has 1 aromatic carbocycles. The predicted molar refractivity (Wildman–Crippen MR) is 86.7 cm³/mol. The number of carbonyl (C=O) groups is 1. The minimum absolute atomic E-state index is 0.0377. The summed E-state index contributed by atoms with van der Waals surface area (Å²) in [5.74, 6) is 0.458. The second-order valence-corrected chi connectivity index (χ2v) is 5.35. The van der Waals surface area contributed by atoms with Gasteiger partial charge in [-0.3, -0.25) is 4.79 Å². The number of ether oxygens (including phenoxy) is 1. The maximum absolute atomic E-state index is 11.8. The van der Waals surface area contributed by atoms with Gasteiger partial charge < -0.3 is 15.8 Å². The molecule has 1 rings (SSSR count). The topological polar surface area (TPSA) is 64.3 Å². The van der Waals surface area contributed by atoms with Gasteiger partial charge in [0, 0.05) is 17.6 Å². The standard InChI is InChI=1S/C16H23ClN2O2/c1-4-8-19-16(20)11(3)21-15-7-6-13(17)9-12(15)10-14(18)5-2/h4,6-7,9,11,14H,1,5,8,10,18H2,2-3H3,(H,19,20). The van der Waals surface area contributed by atoms with Crippen LogP contribution in [0.15, 0.2) is 30.9 Å². The summed E-state index contributed by atoms with van der Waals surface area (Å²) in [7, 11) is 0. The Morgan fingerprint density at radius 2 is 2.29 bits per heavy atom. The Kier molecular flexibility index (Phi) is 7.26. The fourth-order valence-electron chi connectivity index (χ4n) is 1.81. The molecule has 1 aromatic rings. The zero-order chi connectivity index (χ0) is 15.8. The fraction of sp³-hybridized carbons (Fsp3) is 0.438. The Bertz CT molecular complexity index is 491. The van der Waals surface area contributed by atoms with Crippen LogP contribution in [0.2, 0.25) is 5.02 Å². The Labute approximate surface area is 131 Å². The van der Waals surface area contributed by atoms with Crippen LogP contribution in [0.1, 0.15) is 25.8 Å². The summed E-state index contributed by atoms with van der Waals surface area (Å²) >= 11 is 6.02. The summed E-state index contributed by atoms with van der Waals surface area (Å²) in [5, 5.41) is 3.33. The lowest BCUT2D eigenvalue weighted by Gasteiger charge is -2.18. The molecule has 4 nitrogen and oxygen atoms in total. The lowest BCUT2D eigenvalue weighted by molar-refractivity contribution is -0.127. The van der Waals surface area contributed by atoms with E-state index in [0.717, 1.165) is 12.0 Å². The molecule has 0 fully saturated rings. The quantitative estimate of drug-likeness (QED) is 0.726. The van der Waals surface area contributed by atoms with Crippen molar-refractivity contribution in [3.63, 3.8) is 0 Å². The molecule has 0 aromatic heterocycles. The van der Waals surface area contributed by atoms with E-state index in [1.165, 1.54) is 0 Å². The Morgan fingerprint density at radius 3 is 2.90 bits per heavy atom. The van der Waals surface area contributed by atoms with Crippen LogP contribution in [-0.2, 0) is 11.2 Å². The molecule has 0 heterocycles. The van der Waals surface area contributed by atoms with Crippen LogP contribution in [0.4, 0.5) is 0 Å². The lowest BCUT2D eigenvalue weighted by Crippen LogP contribution is -2.36. The van der Waals surface area contributed by atoms with E-state index >= 15 is 0 Å².